The zero-order chi connectivity index (χ0) is 32.2. The van der Waals surface area contributed by atoms with Crippen LogP contribution in [0.4, 0.5) is 11.4 Å². The van der Waals surface area contributed by atoms with E-state index in [4.69, 9.17) is 11.6 Å². The molecule has 2 heterocycles. The van der Waals surface area contributed by atoms with Gasteiger partial charge in [0.05, 0.1) is 26.7 Å². The van der Waals surface area contributed by atoms with Crippen LogP contribution in [0.1, 0.15) is 16.7 Å². The summed E-state index contributed by atoms with van der Waals surface area (Å²) in [4.78, 5) is 30.4. The molecule has 0 saturated carbocycles. The molecule has 0 radical (unpaired) electrons. The summed E-state index contributed by atoms with van der Waals surface area (Å²) < 4.78 is 3.62. The molecule has 46 heavy (non-hydrogen) atoms. The molecule has 6 rings (SSSR count). The van der Waals surface area contributed by atoms with Crippen LogP contribution in [0.5, 0.6) is 0 Å². The minimum absolute atomic E-state index is 0.0770. The van der Waals surface area contributed by atoms with Crippen LogP contribution in [0.3, 0.4) is 0 Å². The maximum absolute atomic E-state index is 13.0. The number of aromatic nitrogens is 4. The molecule has 2 N–H and O–H groups in total. The minimum Gasteiger partial charge on any atom is -0.325 e. The van der Waals surface area contributed by atoms with Gasteiger partial charge in [-0.3, -0.25) is 14.2 Å². The van der Waals surface area contributed by atoms with Crippen LogP contribution in [0, 0.1) is 20.8 Å². The summed E-state index contributed by atoms with van der Waals surface area (Å²) >= 11 is 10.7. The van der Waals surface area contributed by atoms with Gasteiger partial charge in [0.15, 0.2) is 15.3 Å². The molecule has 2 aromatic heterocycles. The van der Waals surface area contributed by atoms with E-state index in [0.717, 1.165) is 42.6 Å². The van der Waals surface area contributed by atoms with E-state index >= 15 is 0 Å². The number of amides is 2. The van der Waals surface area contributed by atoms with Gasteiger partial charge in [0, 0.05) is 22.6 Å². The van der Waals surface area contributed by atoms with Gasteiger partial charge in [0.25, 0.3) is 0 Å². The van der Waals surface area contributed by atoms with Crippen molar-refractivity contribution in [1.82, 2.24) is 19.7 Å². The lowest BCUT2D eigenvalue weighted by atomic mass is 10.1. The smallest absolute Gasteiger partial charge is 0.234 e. The third-order valence-corrected chi connectivity index (χ3v) is 10.4. The molecule has 0 aliphatic rings. The average Bonchev–Trinajstić information content (AvgIpc) is 3.65. The van der Waals surface area contributed by atoms with Crippen molar-refractivity contribution in [3.63, 3.8) is 0 Å². The standard InChI is InChI=1S/C34H29ClN6O2S3/c1-20-15-21(2)31(22(3)16-20)38-30(43)19-45-34-37-27-14-13-23(17-28(27)46-34)36-29(42)18-44-33-40-39-32(25-11-7-8-12-26(25)35)41(33)24-9-5-4-6-10-24/h4-17H,18-19H2,1-3H3,(H,36,42)(H,38,43). The maximum atomic E-state index is 13.0. The Hall–Kier alpha value is -4.16. The zero-order valence-electron chi connectivity index (χ0n) is 25.2. The van der Waals surface area contributed by atoms with E-state index in [0.29, 0.717) is 21.7 Å². The van der Waals surface area contributed by atoms with Crippen molar-refractivity contribution in [3.05, 3.63) is 107 Å². The van der Waals surface area contributed by atoms with Gasteiger partial charge in [-0.1, -0.05) is 83.2 Å². The van der Waals surface area contributed by atoms with Crippen molar-refractivity contribution in [3.8, 4) is 17.1 Å². The Labute approximate surface area is 284 Å². The van der Waals surface area contributed by atoms with Gasteiger partial charge in [0.1, 0.15) is 0 Å². The van der Waals surface area contributed by atoms with E-state index in [1.54, 1.807) is 0 Å². The number of nitrogens with one attached hydrogen (secondary N) is 2. The molecule has 0 atom stereocenters. The number of thiazole rings is 1. The third kappa shape index (κ3) is 7.28. The summed E-state index contributed by atoms with van der Waals surface area (Å²) in [7, 11) is 0. The number of rotatable bonds is 10. The highest BCUT2D eigenvalue weighted by Crippen LogP contribution is 2.33. The number of fused-ring (bicyclic) bond motifs is 1. The fourth-order valence-electron chi connectivity index (χ4n) is 5.04. The van der Waals surface area contributed by atoms with E-state index in [1.165, 1.54) is 40.4 Å². The number of hydrogen-bond acceptors (Lipinski definition) is 8. The van der Waals surface area contributed by atoms with Crippen molar-refractivity contribution in [2.24, 2.45) is 0 Å². The largest absolute Gasteiger partial charge is 0.325 e. The van der Waals surface area contributed by atoms with Crippen LogP contribution < -0.4 is 10.6 Å². The zero-order valence-corrected chi connectivity index (χ0v) is 28.4. The summed E-state index contributed by atoms with van der Waals surface area (Å²) in [6, 6.07) is 27.0. The predicted octanol–water partition coefficient (Wildman–Crippen LogP) is 8.58. The first-order valence-corrected chi connectivity index (χ1v) is 17.5. The monoisotopic (exact) mass is 684 g/mol. The molecule has 0 spiro atoms. The molecular weight excluding hydrogens is 656 g/mol. The Bertz CT molecular complexity index is 2040. The number of hydrogen-bond donors (Lipinski definition) is 2. The minimum atomic E-state index is -0.177. The van der Waals surface area contributed by atoms with Crippen molar-refractivity contribution < 1.29 is 9.59 Å². The number of thioether (sulfide) groups is 2. The molecule has 0 aliphatic carbocycles. The molecule has 0 aliphatic heterocycles. The molecule has 8 nitrogen and oxygen atoms in total. The van der Waals surface area contributed by atoms with Crippen LogP contribution in [-0.4, -0.2) is 43.1 Å². The number of anilines is 2. The lowest BCUT2D eigenvalue weighted by molar-refractivity contribution is -0.114. The number of benzene rings is 4. The van der Waals surface area contributed by atoms with Gasteiger partial charge >= 0.3 is 0 Å². The lowest BCUT2D eigenvalue weighted by Gasteiger charge is -2.12. The van der Waals surface area contributed by atoms with Crippen molar-refractivity contribution in [2.75, 3.05) is 22.1 Å². The van der Waals surface area contributed by atoms with E-state index in [-0.39, 0.29) is 23.3 Å². The lowest BCUT2D eigenvalue weighted by Crippen LogP contribution is -2.15. The molecule has 232 valence electrons. The summed E-state index contributed by atoms with van der Waals surface area (Å²) in [6.07, 6.45) is 0. The highest BCUT2D eigenvalue weighted by molar-refractivity contribution is 8.01. The molecule has 0 saturated heterocycles. The fraction of sp³-hybridized carbons (Fsp3) is 0.147. The highest BCUT2D eigenvalue weighted by Gasteiger charge is 2.19. The predicted molar refractivity (Wildman–Crippen MR) is 191 cm³/mol. The Morgan fingerprint density at radius 1 is 0.826 bits per heavy atom. The number of carbonyl (C=O) groups excluding carboxylic acids is 2. The van der Waals surface area contributed by atoms with Crippen molar-refractivity contribution in [1.29, 1.82) is 0 Å². The third-order valence-electron chi connectivity index (χ3n) is 7.02. The fourth-order valence-corrected chi connectivity index (χ4v) is 7.92. The molecule has 2 amide bonds. The molecular formula is C34H29ClN6O2S3. The molecule has 4 aromatic carbocycles. The van der Waals surface area contributed by atoms with Crippen LogP contribution in [0.2, 0.25) is 5.02 Å². The second kappa shape index (κ2) is 14.1. The number of para-hydroxylation sites is 1. The molecule has 0 bridgehead atoms. The number of aryl methyl sites for hydroxylation is 3. The van der Waals surface area contributed by atoms with Crippen LogP contribution >= 0.6 is 46.5 Å². The number of nitrogens with zero attached hydrogens (tertiary/aromatic N) is 4. The van der Waals surface area contributed by atoms with Crippen LogP contribution in [0.25, 0.3) is 27.3 Å². The number of halogens is 1. The topological polar surface area (TPSA) is 102 Å². The average molecular weight is 685 g/mol. The van der Waals surface area contributed by atoms with Gasteiger partial charge in [0.2, 0.25) is 11.8 Å². The normalized spacial score (nSPS) is 11.1. The van der Waals surface area contributed by atoms with E-state index in [1.807, 2.05) is 98.1 Å². The molecule has 0 unspecified atom stereocenters. The van der Waals surface area contributed by atoms with Gasteiger partial charge in [-0.15, -0.1) is 21.5 Å². The van der Waals surface area contributed by atoms with Gasteiger partial charge in [-0.05, 0) is 74.4 Å². The Kier molecular flexibility index (Phi) is 9.74. The molecule has 6 aromatic rings. The van der Waals surface area contributed by atoms with Gasteiger partial charge < -0.3 is 10.6 Å². The molecule has 0 fully saturated rings. The first kappa shape index (κ1) is 31.8. The first-order chi connectivity index (χ1) is 22.2. The maximum Gasteiger partial charge on any atom is 0.234 e. The second-order valence-electron chi connectivity index (χ2n) is 10.6. The van der Waals surface area contributed by atoms with Crippen LogP contribution in [0.15, 0.2) is 94.4 Å². The van der Waals surface area contributed by atoms with Crippen LogP contribution in [-0.2, 0) is 9.59 Å². The van der Waals surface area contributed by atoms with Crippen molar-refractivity contribution in [2.45, 2.75) is 30.3 Å². The summed E-state index contributed by atoms with van der Waals surface area (Å²) in [5.41, 5.74) is 7.22. The van der Waals surface area contributed by atoms with Gasteiger partial charge in [-0.2, -0.15) is 0 Å². The Morgan fingerprint density at radius 2 is 1.52 bits per heavy atom. The summed E-state index contributed by atoms with van der Waals surface area (Å²) in [5, 5.41) is 16.0. The summed E-state index contributed by atoms with van der Waals surface area (Å²) in [6.45, 7) is 6.05. The van der Waals surface area contributed by atoms with E-state index in [9.17, 15) is 9.59 Å². The van der Waals surface area contributed by atoms with E-state index in [2.05, 4.69) is 37.9 Å². The second-order valence-corrected chi connectivity index (χ2v) is 14.2. The summed E-state index contributed by atoms with van der Waals surface area (Å²) in [5.74, 6) is 0.723. The Morgan fingerprint density at radius 3 is 2.28 bits per heavy atom. The van der Waals surface area contributed by atoms with Gasteiger partial charge in [-0.25, -0.2) is 4.98 Å². The quantitative estimate of drug-likeness (QED) is 0.139. The number of carbonyl (C=O) groups is 2. The van der Waals surface area contributed by atoms with E-state index < -0.39 is 0 Å². The Balaban J connectivity index is 1.09. The van der Waals surface area contributed by atoms with Crippen molar-refractivity contribution >= 4 is 79.9 Å². The molecule has 12 heteroatoms. The first-order valence-electron chi connectivity index (χ1n) is 14.3. The SMILES string of the molecule is Cc1cc(C)c(NC(=O)CSc2nc3ccc(NC(=O)CSc4nnc(-c5ccccc5Cl)n4-c4ccccc4)cc3s2)c(C)c1. The highest BCUT2D eigenvalue weighted by atomic mass is 35.5.